The quantitative estimate of drug-likeness (QED) is 0.725. The monoisotopic (exact) mass is 195 g/mol. The Hall–Kier alpha value is -1.35. The van der Waals surface area contributed by atoms with E-state index in [1.54, 1.807) is 12.1 Å². The summed E-state index contributed by atoms with van der Waals surface area (Å²) >= 11 is 0. The molecule has 0 spiro atoms. The van der Waals surface area contributed by atoms with Gasteiger partial charge in [-0.2, -0.15) is 0 Å². The van der Waals surface area contributed by atoms with E-state index in [1.807, 2.05) is 19.2 Å². The molecule has 0 unspecified atom stereocenters. The van der Waals surface area contributed by atoms with Gasteiger partial charge < -0.3 is 10.1 Å². The van der Waals surface area contributed by atoms with Crippen molar-refractivity contribution in [2.45, 2.75) is 0 Å². The number of hydrogen-bond acceptors (Lipinski definition) is 2. The van der Waals surface area contributed by atoms with Crippen molar-refractivity contribution >= 4 is 0 Å². The zero-order valence-electron chi connectivity index (χ0n) is 8.16. The lowest BCUT2D eigenvalue weighted by atomic mass is 10.3. The zero-order chi connectivity index (χ0) is 10.2. The third kappa shape index (κ3) is 4.05. The highest BCUT2D eigenvalue weighted by atomic mass is 19.1. The molecule has 0 bridgehead atoms. The molecule has 0 radical (unpaired) electrons. The summed E-state index contributed by atoms with van der Waals surface area (Å²) in [6, 6.07) is 6.12. The molecular formula is C11H14FNO. The van der Waals surface area contributed by atoms with Gasteiger partial charge in [0.15, 0.2) is 0 Å². The minimum absolute atomic E-state index is 0.276. The van der Waals surface area contributed by atoms with Crippen LogP contribution < -0.4 is 10.1 Å². The van der Waals surface area contributed by atoms with Crippen LogP contribution in [0.5, 0.6) is 5.75 Å². The Morgan fingerprint density at radius 1 is 1.43 bits per heavy atom. The molecule has 0 aliphatic carbocycles. The maximum atomic E-state index is 12.7. The van der Waals surface area contributed by atoms with E-state index >= 15 is 0 Å². The number of hydrogen-bond donors (Lipinski definition) is 1. The van der Waals surface area contributed by atoms with Crippen molar-refractivity contribution in [1.29, 1.82) is 0 Å². The third-order valence-electron chi connectivity index (χ3n) is 1.63. The van der Waals surface area contributed by atoms with Gasteiger partial charge >= 0.3 is 0 Å². The molecule has 76 valence electrons. The van der Waals surface area contributed by atoms with Crippen LogP contribution in [0.3, 0.4) is 0 Å². The van der Waals surface area contributed by atoms with Gasteiger partial charge in [0.1, 0.15) is 18.2 Å². The molecule has 14 heavy (non-hydrogen) atoms. The van der Waals surface area contributed by atoms with E-state index in [9.17, 15) is 4.39 Å². The largest absolute Gasteiger partial charge is 0.489 e. The highest BCUT2D eigenvalue weighted by Crippen LogP contribution is 2.11. The van der Waals surface area contributed by atoms with Crippen LogP contribution in [0.1, 0.15) is 0 Å². The molecule has 0 aromatic heterocycles. The molecule has 1 aromatic rings. The van der Waals surface area contributed by atoms with Crippen LogP contribution >= 0.6 is 0 Å². The van der Waals surface area contributed by atoms with Crippen LogP contribution in [-0.4, -0.2) is 20.2 Å². The zero-order valence-corrected chi connectivity index (χ0v) is 8.16. The van der Waals surface area contributed by atoms with Crippen molar-refractivity contribution in [3.05, 3.63) is 42.2 Å². The van der Waals surface area contributed by atoms with E-state index in [1.165, 1.54) is 12.1 Å². The number of halogens is 1. The minimum Gasteiger partial charge on any atom is -0.489 e. The molecule has 1 N–H and O–H groups in total. The van der Waals surface area contributed by atoms with E-state index < -0.39 is 0 Å². The summed E-state index contributed by atoms with van der Waals surface area (Å²) < 4.78 is 18.0. The van der Waals surface area contributed by atoms with Crippen molar-refractivity contribution < 1.29 is 9.13 Å². The molecule has 0 aliphatic rings. The Morgan fingerprint density at radius 3 is 3.00 bits per heavy atom. The summed E-state index contributed by atoms with van der Waals surface area (Å²) in [5.41, 5.74) is 0. The van der Waals surface area contributed by atoms with Gasteiger partial charge in [-0.1, -0.05) is 18.2 Å². The molecule has 2 nitrogen and oxygen atoms in total. The van der Waals surface area contributed by atoms with Gasteiger partial charge in [-0.15, -0.1) is 0 Å². The molecule has 3 heteroatoms. The van der Waals surface area contributed by atoms with Crippen LogP contribution in [0.4, 0.5) is 4.39 Å². The number of rotatable bonds is 5. The number of likely N-dealkylation sites (N-methyl/N-ethyl adjacent to an activating group) is 1. The number of nitrogens with one attached hydrogen (secondary N) is 1. The third-order valence-corrected chi connectivity index (χ3v) is 1.63. The first kappa shape index (κ1) is 10.7. The lowest BCUT2D eigenvalue weighted by molar-refractivity contribution is 0.360. The molecule has 0 amide bonds. The summed E-state index contributed by atoms with van der Waals surface area (Å²) in [6.07, 6.45) is 3.85. The van der Waals surface area contributed by atoms with Gasteiger partial charge in [0.05, 0.1) is 0 Å². The maximum absolute atomic E-state index is 12.7. The molecule has 0 saturated carbocycles. The van der Waals surface area contributed by atoms with E-state index in [0.29, 0.717) is 12.4 Å². The summed E-state index contributed by atoms with van der Waals surface area (Å²) in [5, 5.41) is 2.97. The fourth-order valence-electron chi connectivity index (χ4n) is 0.970. The first-order valence-corrected chi connectivity index (χ1v) is 4.51. The average molecular weight is 195 g/mol. The Morgan fingerprint density at radius 2 is 2.29 bits per heavy atom. The van der Waals surface area contributed by atoms with Crippen LogP contribution in [-0.2, 0) is 0 Å². The van der Waals surface area contributed by atoms with E-state index in [2.05, 4.69) is 5.32 Å². The van der Waals surface area contributed by atoms with Gasteiger partial charge in [-0.25, -0.2) is 4.39 Å². The Labute approximate surface area is 83.4 Å². The normalized spacial score (nSPS) is 10.7. The standard InChI is InChI=1S/C11H14FNO/c1-13-7-2-3-8-14-11-6-4-5-10(12)9-11/h2-6,9,13H,7-8H2,1H3/b3-2+. The van der Waals surface area contributed by atoms with Crippen molar-refractivity contribution in [3.8, 4) is 5.75 Å². The van der Waals surface area contributed by atoms with Crippen LogP contribution in [0, 0.1) is 5.82 Å². The first-order valence-electron chi connectivity index (χ1n) is 4.51. The highest BCUT2D eigenvalue weighted by molar-refractivity contribution is 5.22. The van der Waals surface area contributed by atoms with E-state index in [4.69, 9.17) is 4.74 Å². The summed E-state index contributed by atoms with van der Waals surface area (Å²) in [7, 11) is 1.87. The maximum Gasteiger partial charge on any atom is 0.126 e. The number of benzene rings is 1. The molecule has 0 heterocycles. The van der Waals surface area contributed by atoms with E-state index in [0.717, 1.165) is 6.54 Å². The Kier molecular flexibility index (Phi) is 4.72. The fraction of sp³-hybridized carbons (Fsp3) is 0.273. The van der Waals surface area contributed by atoms with Crippen LogP contribution in [0.2, 0.25) is 0 Å². The molecule has 0 atom stereocenters. The summed E-state index contributed by atoms with van der Waals surface area (Å²) in [6.45, 7) is 1.28. The van der Waals surface area contributed by atoms with Crippen LogP contribution in [0.25, 0.3) is 0 Å². The van der Waals surface area contributed by atoms with Crippen molar-refractivity contribution in [2.24, 2.45) is 0 Å². The van der Waals surface area contributed by atoms with Gasteiger partial charge in [0, 0.05) is 12.6 Å². The second kappa shape index (κ2) is 6.16. The second-order valence-corrected chi connectivity index (χ2v) is 2.80. The molecule has 0 aliphatic heterocycles. The lowest BCUT2D eigenvalue weighted by Crippen LogP contribution is -2.04. The van der Waals surface area contributed by atoms with Crippen molar-refractivity contribution in [3.63, 3.8) is 0 Å². The SMILES string of the molecule is CNC/C=C/COc1cccc(F)c1. The predicted octanol–water partition coefficient (Wildman–Crippen LogP) is 1.98. The number of ether oxygens (including phenoxy) is 1. The van der Waals surface area contributed by atoms with Gasteiger partial charge in [-0.05, 0) is 19.2 Å². The highest BCUT2D eigenvalue weighted by Gasteiger charge is 1.93. The summed E-state index contributed by atoms with van der Waals surface area (Å²) in [4.78, 5) is 0. The smallest absolute Gasteiger partial charge is 0.126 e. The minimum atomic E-state index is -0.276. The van der Waals surface area contributed by atoms with Crippen molar-refractivity contribution in [1.82, 2.24) is 5.32 Å². The molecule has 0 saturated heterocycles. The molecular weight excluding hydrogens is 181 g/mol. The van der Waals surface area contributed by atoms with E-state index in [-0.39, 0.29) is 5.82 Å². The van der Waals surface area contributed by atoms with Gasteiger partial charge in [0.2, 0.25) is 0 Å². The Bertz CT molecular complexity index is 299. The fourth-order valence-corrected chi connectivity index (χ4v) is 0.970. The predicted molar refractivity (Wildman–Crippen MR) is 55.0 cm³/mol. The Balaban J connectivity index is 2.31. The van der Waals surface area contributed by atoms with Crippen molar-refractivity contribution in [2.75, 3.05) is 20.2 Å². The van der Waals surface area contributed by atoms with Crippen LogP contribution in [0.15, 0.2) is 36.4 Å². The summed E-state index contributed by atoms with van der Waals surface area (Å²) in [5.74, 6) is 0.279. The van der Waals surface area contributed by atoms with Gasteiger partial charge in [0.25, 0.3) is 0 Å². The average Bonchev–Trinajstić information content (AvgIpc) is 2.18. The second-order valence-electron chi connectivity index (χ2n) is 2.80. The van der Waals surface area contributed by atoms with Gasteiger partial charge in [-0.3, -0.25) is 0 Å². The molecule has 1 rings (SSSR count). The molecule has 0 fully saturated rings. The molecule has 1 aromatic carbocycles. The lowest BCUT2D eigenvalue weighted by Gasteiger charge is -2.02. The topological polar surface area (TPSA) is 21.3 Å². The first-order chi connectivity index (χ1) is 6.83.